The van der Waals surface area contributed by atoms with Crippen LogP contribution in [0.1, 0.15) is 44.7 Å². The first-order valence-corrected chi connectivity index (χ1v) is 10.4. The molecule has 2 N–H and O–H groups in total. The number of anilines is 2. The van der Waals surface area contributed by atoms with Crippen LogP contribution in [0.25, 0.3) is 0 Å². The second-order valence-corrected chi connectivity index (χ2v) is 8.38. The van der Waals surface area contributed by atoms with Crippen molar-refractivity contribution >= 4 is 34.8 Å². The van der Waals surface area contributed by atoms with Crippen molar-refractivity contribution in [3.63, 3.8) is 0 Å². The molecule has 0 radical (unpaired) electrons. The van der Waals surface area contributed by atoms with Crippen molar-refractivity contribution in [2.75, 3.05) is 51.9 Å². The van der Waals surface area contributed by atoms with E-state index in [4.69, 9.17) is 0 Å². The van der Waals surface area contributed by atoms with Crippen LogP contribution in [0.4, 0.5) is 11.4 Å². The third kappa shape index (κ3) is 5.46. The predicted molar refractivity (Wildman–Crippen MR) is 123 cm³/mol. The van der Waals surface area contributed by atoms with Crippen LogP contribution >= 0.6 is 0 Å². The third-order valence-corrected chi connectivity index (χ3v) is 5.16. The summed E-state index contributed by atoms with van der Waals surface area (Å²) < 4.78 is 0. The minimum Gasteiger partial charge on any atom is -0.326 e. The average Bonchev–Trinajstić information content (AvgIpc) is 2.74. The number of ketones is 2. The summed E-state index contributed by atoms with van der Waals surface area (Å²) in [4.78, 5) is 54.2. The zero-order valence-electron chi connectivity index (χ0n) is 18.8. The lowest BCUT2D eigenvalue weighted by atomic mass is 9.83. The molecule has 0 aliphatic heterocycles. The van der Waals surface area contributed by atoms with Gasteiger partial charge in [0.1, 0.15) is 0 Å². The maximum absolute atomic E-state index is 13.2. The first kappa shape index (κ1) is 23.3. The summed E-state index contributed by atoms with van der Waals surface area (Å²) in [5.41, 5.74) is 2.01. The zero-order chi connectivity index (χ0) is 23.4. The van der Waals surface area contributed by atoms with E-state index in [9.17, 15) is 19.2 Å². The molecule has 1 aliphatic rings. The Balaban J connectivity index is 1.81. The van der Waals surface area contributed by atoms with Gasteiger partial charge in [0.15, 0.2) is 11.6 Å². The van der Waals surface area contributed by atoms with Crippen molar-refractivity contribution in [1.82, 2.24) is 9.80 Å². The quantitative estimate of drug-likeness (QED) is 0.562. The summed E-state index contributed by atoms with van der Waals surface area (Å²) in [5.74, 6) is -0.915. The number of nitrogens with zero attached hydrogens (tertiary/aromatic N) is 2. The van der Waals surface area contributed by atoms with Gasteiger partial charge in [0.25, 0.3) is 0 Å². The molecule has 1 aliphatic carbocycles. The maximum Gasteiger partial charge on any atom is 0.225 e. The fourth-order valence-electron chi connectivity index (χ4n) is 3.40. The Hall–Kier alpha value is -3.36. The molecule has 0 atom stereocenters. The van der Waals surface area contributed by atoms with Gasteiger partial charge in [0.05, 0.1) is 0 Å². The predicted octanol–water partition coefficient (Wildman–Crippen LogP) is 2.24. The van der Waals surface area contributed by atoms with E-state index < -0.39 is 0 Å². The molecule has 0 unspecified atom stereocenters. The van der Waals surface area contributed by atoms with Crippen LogP contribution in [0.3, 0.4) is 0 Å². The third-order valence-electron chi connectivity index (χ3n) is 5.16. The minimum atomic E-state index is -0.316. The van der Waals surface area contributed by atoms with Gasteiger partial charge in [-0.1, -0.05) is 0 Å². The highest BCUT2D eigenvalue weighted by atomic mass is 16.2. The molecule has 3 rings (SSSR count). The Morgan fingerprint density at radius 3 is 1.41 bits per heavy atom. The lowest BCUT2D eigenvalue weighted by Gasteiger charge is -2.19. The maximum atomic E-state index is 13.2. The Kier molecular flexibility index (Phi) is 7.17. The summed E-state index contributed by atoms with van der Waals surface area (Å²) in [7, 11) is 7.53. The molecule has 0 heterocycles. The van der Waals surface area contributed by atoms with Crippen LogP contribution in [0, 0.1) is 0 Å². The Morgan fingerprint density at radius 1 is 0.656 bits per heavy atom. The van der Waals surface area contributed by atoms with E-state index >= 15 is 0 Å². The highest BCUT2D eigenvalue weighted by Crippen LogP contribution is 2.31. The van der Waals surface area contributed by atoms with Crippen LogP contribution in [0.2, 0.25) is 0 Å². The van der Waals surface area contributed by atoms with Crippen LogP contribution in [-0.4, -0.2) is 74.5 Å². The van der Waals surface area contributed by atoms with Crippen LogP contribution in [-0.2, 0) is 9.59 Å². The molecule has 0 saturated heterocycles. The topological polar surface area (TPSA) is 98.8 Å². The molecule has 0 fully saturated rings. The molecular formula is C24H28N4O4. The van der Waals surface area contributed by atoms with E-state index in [0.29, 0.717) is 48.4 Å². The van der Waals surface area contributed by atoms with Gasteiger partial charge in [0.2, 0.25) is 11.8 Å². The Bertz CT molecular complexity index is 994. The molecular weight excluding hydrogens is 408 g/mol. The molecule has 8 nitrogen and oxygen atoms in total. The first-order chi connectivity index (χ1) is 15.2. The number of hydrogen-bond donors (Lipinski definition) is 2. The van der Waals surface area contributed by atoms with Crippen molar-refractivity contribution in [3.8, 4) is 0 Å². The Labute approximate surface area is 187 Å². The lowest BCUT2D eigenvalue weighted by molar-refractivity contribution is -0.117. The molecule has 2 aromatic carbocycles. The monoisotopic (exact) mass is 436 g/mol. The smallest absolute Gasteiger partial charge is 0.225 e. The molecule has 32 heavy (non-hydrogen) atoms. The highest BCUT2D eigenvalue weighted by molar-refractivity contribution is 6.29. The molecule has 168 valence electrons. The second kappa shape index (κ2) is 9.84. The van der Waals surface area contributed by atoms with E-state index in [1.54, 1.807) is 24.3 Å². The van der Waals surface area contributed by atoms with Crippen molar-refractivity contribution in [2.24, 2.45) is 0 Å². The van der Waals surface area contributed by atoms with Gasteiger partial charge in [-0.25, -0.2) is 0 Å². The van der Waals surface area contributed by atoms with Gasteiger partial charge in [-0.3, -0.25) is 19.2 Å². The summed E-state index contributed by atoms with van der Waals surface area (Å²) >= 11 is 0. The van der Waals surface area contributed by atoms with E-state index in [1.165, 1.54) is 12.1 Å². The number of benzene rings is 2. The van der Waals surface area contributed by atoms with Crippen molar-refractivity contribution in [2.45, 2.75) is 12.8 Å². The summed E-state index contributed by atoms with van der Waals surface area (Å²) in [6.45, 7) is 1.20. The number of hydrogen-bond acceptors (Lipinski definition) is 6. The van der Waals surface area contributed by atoms with Crippen LogP contribution in [0.15, 0.2) is 36.4 Å². The van der Waals surface area contributed by atoms with Gasteiger partial charge in [0, 0.05) is 59.6 Å². The van der Waals surface area contributed by atoms with Crippen molar-refractivity contribution < 1.29 is 19.2 Å². The van der Waals surface area contributed by atoms with Crippen molar-refractivity contribution in [3.05, 3.63) is 58.7 Å². The number of rotatable bonds is 8. The molecule has 8 heteroatoms. The number of carbonyl (C=O) groups is 4. The van der Waals surface area contributed by atoms with Gasteiger partial charge >= 0.3 is 0 Å². The number of fused-ring (bicyclic) bond motifs is 2. The minimum absolute atomic E-state index is 0.170. The van der Waals surface area contributed by atoms with Gasteiger partial charge < -0.3 is 20.4 Å². The molecule has 2 amide bonds. The Morgan fingerprint density at radius 2 is 1.03 bits per heavy atom. The van der Waals surface area contributed by atoms with Crippen molar-refractivity contribution in [1.29, 1.82) is 0 Å². The molecule has 2 aromatic rings. The molecule has 0 saturated carbocycles. The highest BCUT2D eigenvalue weighted by Gasteiger charge is 2.30. The van der Waals surface area contributed by atoms with E-state index in [1.807, 2.05) is 38.0 Å². The molecule has 0 spiro atoms. The summed E-state index contributed by atoms with van der Waals surface area (Å²) in [5, 5.41) is 5.55. The molecule has 0 aromatic heterocycles. The SMILES string of the molecule is CN(C)CCC(=O)Nc1ccc2c(c1)C(=O)c1cc(NC(=O)CCN(C)C)ccc1C2=O. The largest absolute Gasteiger partial charge is 0.326 e. The normalized spacial score (nSPS) is 12.6. The first-order valence-electron chi connectivity index (χ1n) is 10.4. The second-order valence-electron chi connectivity index (χ2n) is 8.38. The number of amides is 2. The van der Waals surface area contributed by atoms with Crippen LogP contribution in [0.5, 0.6) is 0 Å². The van der Waals surface area contributed by atoms with Crippen LogP contribution < -0.4 is 10.6 Å². The van der Waals surface area contributed by atoms with E-state index in [2.05, 4.69) is 10.6 Å². The number of nitrogens with one attached hydrogen (secondary N) is 2. The summed E-state index contributed by atoms with van der Waals surface area (Å²) in [6, 6.07) is 9.46. The van der Waals surface area contributed by atoms with E-state index in [0.717, 1.165) is 0 Å². The fourth-order valence-corrected chi connectivity index (χ4v) is 3.40. The average molecular weight is 437 g/mol. The standard InChI is InChI=1S/C24H28N4O4/c1-27(2)11-9-21(29)25-15-5-7-17-19(13-15)24(32)20-14-16(6-8-18(20)23(17)31)26-22(30)10-12-28(3)4/h5-8,13-14H,9-12H2,1-4H3,(H,25,29)(H,26,30). The van der Waals surface area contributed by atoms with Gasteiger partial charge in [-0.15, -0.1) is 0 Å². The summed E-state index contributed by atoms with van der Waals surface area (Å²) in [6.07, 6.45) is 0.632. The number of carbonyl (C=O) groups excluding carboxylic acids is 4. The van der Waals surface area contributed by atoms with Gasteiger partial charge in [-0.2, -0.15) is 0 Å². The van der Waals surface area contributed by atoms with Gasteiger partial charge in [-0.05, 0) is 64.6 Å². The lowest BCUT2D eigenvalue weighted by Crippen LogP contribution is -2.24. The fraction of sp³-hybridized carbons (Fsp3) is 0.333. The molecule has 0 bridgehead atoms. The zero-order valence-corrected chi connectivity index (χ0v) is 18.8. The van der Waals surface area contributed by atoms with E-state index in [-0.39, 0.29) is 34.5 Å².